The number of phosphoric acid groups is 1. The Hall–Kier alpha value is -3.30. The maximum Gasteiger partial charge on any atom is 0.285 e. The first-order chi connectivity index (χ1) is 14.9. The molecule has 3 N–H and O–H groups in total. The van der Waals surface area contributed by atoms with Crippen molar-refractivity contribution in [3.05, 3.63) is 83.9 Å². The minimum absolute atomic E-state index is 0.210. The fraction of sp³-hybridized carbons (Fsp3) is 0.150. The van der Waals surface area contributed by atoms with Gasteiger partial charge in [0.15, 0.2) is 12.5 Å². The second-order valence-corrected chi connectivity index (χ2v) is 8.08. The van der Waals surface area contributed by atoms with Crippen molar-refractivity contribution in [1.29, 1.82) is 0 Å². The Balaban J connectivity index is 1.45. The number of rotatable bonds is 8. The van der Waals surface area contributed by atoms with Crippen LogP contribution in [-0.4, -0.2) is 19.8 Å². The van der Waals surface area contributed by atoms with E-state index in [4.69, 9.17) is 15.2 Å². The number of aromatic nitrogens is 4. The van der Waals surface area contributed by atoms with Crippen LogP contribution in [0.1, 0.15) is 16.8 Å². The van der Waals surface area contributed by atoms with Gasteiger partial charge in [0.05, 0.1) is 18.4 Å². The van der Waals surface area contributed by atoms with E-state index < -0.39 is 14.6 Å². The van der Waals surface area contributed by atoms with Gasteiger partial charge in [-0.2, -0.15) is 5.10 Å². The standard InChI is InChI=1S/C20H20N5O5P/c21-20-18(3-1-9-24(20)14-29-31(26,27)28)19-12-17(23-30-19)11-15-4-6-16(7-5-15)13-25-10-2-8-22-25/h1-10,12,21H,11,13-14H2,(H2,26,27,28). The van der Waals surface area contributed by atoms with Gasteiger partial charge in [-0.1, -0.05) is 29.4 Å². The lowest BCUT2D eigenvalue weighted by Crippen LogP contribution is -2.38. The molecule has 160 valence electrons. The first kappa shape index (κ1) is 21.0. The van der Waals surface area contributed by atoms with E-state index in [-0.39, 0.29) is 5.82 Å². The summed E-state index contributed by atoms with van der Waals surface area (Å²) in [5.41, 5.74) is 9.56. The van der Waals surface area contributed by atoms with E-state index in [0.717, 1.165) is 16.8 Å². The molecular formula is C20H20N5O5P. The Morgan fingerprint density at radius 2 is 2.00 bits per heavy atom. The number of nitrogens with two attached hydrogens (primary N) is 1. The monoisotopic (exact) mass is 441 g/mol. The summed E-state index contributed by atoms with van der Waals surface area (Å²) in [4.78, 5) is 19.6. The number of nitrogens with zero attached hydrogens (tertiary/aromatic N) is 4. The van der Waals surface area contributed by atoms with E-state index in [1.807, 2.05) is 41.2 Å². The van der Waals surface area contributed by atoms with E-state index in [9.17, 15) is 9.46 Å². The first-order valence-electron chi connectivity index (χ1n) is 9.35. The quantitative estimate of drug-likeness (QED) is 0.309. The number of anilines is 1. The number of hydrogen-bond donors (Lipinski definition) is 2. The third-order valence-corrected chi connectivity index (χ3v) is 5.05. The molecule has 1 unspecified atom stereocenters. The molecule has 0 saturated carbocycles. The minimum Gasteiger partial charge on any atom is -0.756 e. The van der Waals surface area contributed by atoms with Crippen molar-refractivity contribution in [2.75, 3.05) is 5.73 Å². The number of benzene rings is 1. The molecule has 11 heteroatoms. The maximum absolute atomic E-state index is 10.8. The third kappa shape index (κ3) is 5.44. The van der Waals surface area contributed by atoms with Crippen molar-refractivity contribution in [3.8, 4) is 11.3 Å². The molecule has 1 aromatic carbocycles. The van der Waals surface area contributed by atoms with Crippen molar-refractivity contribution in [2.45, 2.75) is 19.7 Å². The second-order valence-electron chi connectivity index (χ2n) is 6.88. The molecule has 4 aromatic rings. The predicted octanol–water partition coefficient (Wildman–Crippen LogP) is 1.48. The van der Waals surface area contributed by atoms with Gasteiger partial charge < -0.3 is 14.3 Å². The van der Waals surface area contributed by atoms with E-state index in [1.54, 1.807) is 24.4 Å². The van der Waals surface area contributed by atoms with Crippen molar-refractivity contribution in [3.63, 3.8) is 0 Å². The average Bonchev–Trinajstić information content (AvgIpc) is 3.40. The van der Waals surface area contributed by atoms with Crippen LogP contribution in [0, 0.1) is 0 Å². The SMILES string of the molecule is Nc1c(-c2cc(Cc3ccc(Cn4cccn4)cc3)no2)ccc[n+]1COP(=O)([O-])O. The van der Waals surface area contributed by atoms with Crippen molar-refractivity contribution in [1.82, 2.24) is 14.9 Å². The lowest BCUT2D eigenvalue weighted by Gasteiger charge is -2.14. The predicted molar refractivity (Wildman–Crippen MR) is 108 cm³/mol. The van der Waals surface area contributed by atoms with Gasteiger partial charge in [0, 0.05) is 24.9 Å². The fourth-order valence-electron chi connectivity index (χ4n) is 3.09. The van der Waals surface area contributed by atoms with E-state index >= 15 is 0 Å². The number of nitrogen functional groups attached to an aromatic ring is 1. The zero-order valence-electron chi connectivity index (χ0n) is 16.4. The Labute approximate surface area is 177 Å². The second kappa shape index (κ2) is 8.83. The van der Waals surface area contributed by atoms with Gasteiger partial charge in [-0.25, -0.2) is 4.57 Å². The molecule has 0 aliphatic rings. The molecule has 0 aliphatic heterocycles. The fourth-order valence-corrected chi connectivity index (χ4v) is 3.36. The lowest BCUT2D eigenvalue weighted by molar-refractivity contribution is -0.712. The largest absolute Gasteiger partial charge is 0.756 e. The highest BCUT2D eigenvalue weighted by molar-refractivity contribution is 7.44. The van der Waals surface area contributed by atoms with Crippen LogP contribution in [0.3, 0.4) is 0 Å². The number of hydrogen-bond acceptors (Lipinski definition) is 7. The van der Waals surface area contributed by atoms with Crippen LogP contribution in [0.15, 0.2) is 71.6 Å². The van der Waals surface area contributed by atoms with Crippen LogP contribution < -0.4 is 15.2 Å². The summed E-state index contributed by atoms with van der Waals surface area (Å²) >= 11 is 0. The zero-order chi connectivity index (χ0) is 21.8. The molecule has 0 radical (unpaired) electrons. The third-order valence-electron chi connectivity index (χ3n) is 4.61. The molecular weight excluding hydrogens is 421 g/mol. The summed E-state index contributed by atoms with van der Waals surface area (Å²) in [5, 5.41) is 8.31. The number of phosphoric ester groups is 1. The molecule has 0 fully saturated rings. The van der Waals surface area contributed by atoms with Crippen molar-refractivity contribution >= 4 is 13.6 Å². The van der Waals surface area contributed by atoms with E-state index in [0.29, 0.717) is 24.3 Å². The average molecular weight is 441 g/mol. The highest BCUT2D eigenvalue weighted by Crippen LogP contribution is 2.30. The van der Waals surface area contributed by atoms with Crippen LogP contribution in [0.5, 0.6) is 0 Å². The van der Waals surface area contributed by atoms with Crippen LogP contribution in [0.2, 0.25) is 0 Å². The normalized spacial score (nSPS) is 13.2. The van der Waals surface area contributed by atoms with Gasteiger partial charge in [-0.05, 0) is 29.3 Å². The Bertz CT molecular complexity index is 1200. The van der Waals surface area contributed by atoms with Gasteiger partial charge in [0.25, 0.3) is 13.6 Å². The maximum atomic E-state index is 10.8. The van der Waals surface area contributed by atoms with Gasteiger partial charge in [0.1, 0.15) is 5.56 Å². The first-order valence-corrected chi connectivity index (χ1v) is 10.8. The minimum atomic E-state index is -4.86. The highest BCUT2D eigenvalue weighted by atomic mass is 31.2. The van der Waals surface area contributed by atoms with E-state index in [2.05, 4.69) is 14.8 Å². The summed E-state index contributed by atoms with van der Waals surface area (Å²) < 4.78 is 23.8. The summed E-state index contributed by atoms with van der Waals surface area (Å²) in [6.45, 7) is 0.249. The van der Waals surface area contributed by atoms with Gasteiger partial charge in [-0.15, -0.1) is 0 Å². The zero-order valence-corrected chi connectivity index (χ0v) is 17.3. The van der Waals surface area contributed by atoms with Crippen LogP contribution >= 0.6 is 7.82 Å². The van der Waals surface area contributed by atoms with Crippen molar-refractivity contribution in [2.24, 2.45) is 0 Å². The van der Waals surface area contributed by atoms with Crippen molar-refractivity contribution < 1.29 is 28.0 Å². The molecule has 1 atom stereocenters. The lowest BCUT2D eigenvalue weighted by atomic mass is 10.1. The summed E-state index contributed by atoms with van der Waals surface area (Å²) in [6, 6.07) is 15.2. The van der Waals surface area contributed by atoms with Crippen LogP contribution in [0.25, 0.3) is 11.3 Å². The summed E-state index contributed by atoms with van der Waals surface area (Å²) in [7, 11) is -4.86. The van der Waals surface area contributed by atoms with Gasteiger partial charge >= 0.3 is 0 Å². The van der Waals surface area contributed by atoms with Gasteiger partial charge in [-0.3, -0.25) is 19.5 Å². The van der Waals surface area contributed by atoms with Gasteiger partial charge in [0.2, 0.25) is 0 Å². The molecule has 3 heterocycles. The molecule has 0 amide bonds. The van der Waals surface area contributed by atoms with E-state index in [1.165, 1.54) is 10.8 Å². The molecule has 0 bridgehead atoms. The molecule has 0 spiro atoms. The number of pyridine rings is 1. The Morgan fingerprint density at radius 1 is 1.23 bits per heavy atom. The molecule has 0 saturated heterocycles. The van der Waals surface area contributed by atoms with Crippen LogP contribution in [-0.2, 0) is 28.8 Å². The molecule has 10 nitrogen and oxygen atoms in total. The molecule has 3 aromatic heterocycles. The van der Waals surface area contributed by atoms with Crippen LogP contribution in [0.4, 0.5) is 5.82 Å². The molecule has 4 rings (SSSR count). The highest BCUT2D eigenvalue weighted by Gasteiger charge is 2.18. The smallest absolute Gasteiger partial charge is 0.285 e. The Kier molecular flexibility index (Phi) is 5.97. The molecule has 0 aliphatic carbocycles. The topological polar surface area (TPSA) is 143 Å². The molecule has 31 heavy (non-hydrogen) atoms. The summed E-state index contributed by atoms with van der Waals surface area (Å²) in [6.07, 6.45) is 5.76. The Morgan fingerprint density at radius 3 is 2.71 bits per heavy atom. The summed E-state index contributed by atoms with van der Waals surface area (Å²) in [5.74, 6) is 0.646.